The Bertz CT molecular complexity index is 956. The molecule has 0 unspecified atom stereocenters. The number of carbonyl (C=O) groups is 1. The fourth-order valence-corrected chi connectivity index (χ4v) is 3.66. The highest BCUT2D eigenvalue weighted by molar-refractivity contribution is 6.04. The molecule has 1 amide bonds. The van der Waals surface area contributed by atoms with E-state index in [1.54, 1.807) is 0 Å². The fourth-order valence-electron chi connectivity index (χ4n) is 3.66. The number of aromatic nitrogens is 2. The maximum absolute atomic E-state index is 13.7. The van der Waals surface area contributed by atoms with E-state index in [4.69, 9.17) is 5.73 Å². The minimum atomic E-state index is -0.690. The van der Waals surface area contributed by atoms with Gasteiger partial charge < -0.3 is 15.6 Å². The zero-order valence-electron chi connectivity index (χ0n) is 14.6. The molecule has 2 aromatic carbocycles. The molecule has 1 aliphatic rings. The van der Waals surface area contributed by atoms with Crippen molar-refractivity contribution in [2.75, 3.05) is 20.1 Å². The van der Waals surface area contributed by atoms with Gasteiger partial charge in [-0.1, -0.05) is 24.3 Å². The number of fused-ring (bicyclic) bond motifs is 1. The predicted molar refractivity (Wildman–Crippen MR) is 99.5 cm³/mol. The number of hydrogen-bond donors (Lipinski definition) is 2. The number of benzene rings is 2. The van der Waals surface area contributed by atoms with Crippen molar-refractivity contribution in [2.45, 2.75) is 18.8 Å². The van der Waals surface area contributed by atoms with E-state index in [1.807, 2.05) is 12.1 Å². The van der Waals surface area contributed by atoms with Crippen LogP contribution in [0, 0.1) is 5.82 Å². The van der Waals surface area contributed by atoms with Gasteiger partial charge in [-0.25, -0.2) is 9.37 Å². The van der Waals surface area contributed by atoms with Crippen LogP contribution < -0.4 is 5.73 Å². The summed E-state index contributed by atoms with van der Waals surface area (Å²) in [7, 11) is 2.16. The smallest absolute Gasteiger partial charge is 0.251 e. The van der Waals surface area contributed by atoms with Gasteiger partial charge in [0.05, 0.1) is 11.1 Å². The van der Waals surface area contributed by atoms with Gasteiger partial charge in [-0.05, 0) is 56.6 Å². The number of halogens is 1. The lowest BCUT2D eigenvalue weighted by Crippen LogP contribution is -2.29. The second kappa shape index (κ2) is 6.53. The van der Waals surface area contributed by atoms with Crippen molar-refractivity contribution in [3.63, 3.8) is 0 Å². The van der Waals surface area contributed by atoms with E-state index in [0.29, 0.717) is 22.8 Å². The molecule has 0 radical (unpaired) electrons. The lowest BCUT2D eigenvalue weighted by molar-refractivity contribution is 0.100. The molecule has 3 N–H and O–H groups in total. The molecule has 1 saturated heterocycles. The van der Waals surface area contributed by atoms with E-state index in [1.165, 1.54) is 24.5 Å². The van der Waals surface area contributed by atoms with Crippen LogP contribution in [0.1, 0.15) is 34.7 Å². The van der Waals surface area contributed by atoms with Gasteiger partial charge in [0.2, 0.25) is 0 Å². The van der Waals surface area contributed by atoms with Crippen LogP contribution in [0.25, 0.3) is 22.4 Å². The SMILES string of the molecule is CN1CCC(c2ccc(-c3nc4c(C(N)=O)cc(F)cc4[nH]3)cc2)CC1. The van der Waals surface area contributed by atoms with Crippen LogP contribution in [-0.2, 0) is 0 Å². The third-order valence-electron chi connectivity index (χ3n) is 5.19. The first-order chi connectivity index (χ1) is 12.5. The number of likely N-dealkylation sites (tertiary alicyclic amines) is 1. The standard InChI is InChI=1S/C20H21FN4O/c1-25-8-6-13(7-9-25)12-2-4-14(5-3-12)20-23-17-11-15(21)10-16(19(22)26)18(17)24-20/h2-5,10-11,13H,6-9H2,1H3,(H2,22,26)(H,23,24). The molecule has 26 heavy (non-hydrogen) atoms. The highest BCUT2D eigenvalue weighted by Crippen LogP contribution is 2.30. The summed E-state index contributed by atoms with van der Waals surface area (Å²) in [5.41, 5.74) is 8.53. The normalized spacial score (nSPS) is 16.2. The van der Waals surface area contributed by atoms with Gasteiger partial charge >= 0.3 is 0 Å². The molecule has 4 rings (SSSR count). The third-order valence-corrected chi connectivity index (χ3v) is 5.19. The highest BCUT2D eigenvalue weighted by Gasteiger charge is 2.19. The van der Waals surface area contributed by atoms with Crippen LogP contribution in [0.4, 0.5) is 4.39 Å². The summed E-state index contributed by atoms with van der Waals surface area (Å²) in [6.45, 7) is 2.24. The summed E-state index contributed by atoms with van der Waals surface area (Å²) in [5.74, 6) is -0.0150. The van der Waals surface area contributed by atoms with Crippen LogP contribution in [0.5, 0.6) is 0 Å². The first-order valence-electron chi connectivity index (χ1n) is 8.79. The highest BCUT2D eigenvalue weighted by atomic mass is 19.1. The van der Waals surface area contributed by atoms with Gasteiger partial charge in [0.1, 0.15) is 17.2 Å². The van der Waals surface area contributed by atoms with Crippen molar-refractivity contribution in [1.82, 2.24) is 14.9 Å². The van der Waals surface area contributed by atoms with E-state index in [-0.39, 0.29) is 5.56 Å². The number of imidazole rings is 1. The topological polar surface area (TPSA) is 75.0 Å². The maximum atomic E-state index is 13.7. The number of H-pyrrole nitrogens is 1. The molecule has 0 spiro atoms. The second-order valence-electron chi connectivity index (χ2n) is 7.00. The number of primary amides is 1. The van der Waals surface area contributed by atoms with Gasteiger partial charge in [-0.2, -0.15) is 0 Å². The molecule has 3 aromatic rings. The molecular formula is C20H21FN4O. The number of amides is 1. The molecule has 5 nitrogen and oxygen atoms in total. The molecule has 0 saturated carbocycles. The number of rotatable bonds is 3. The Morgan fingerprint density at radius 1 is 1.23 bits per heavy atom. The Labute approximate surface area is 151 Å². The largest absolute Gasteiger partial charge is 0.366 e. The van der Waals surface area contributed by atoms with Crippen molar-refractivity contribution < 1.29 is 9.18 Å². The van der Waals surface area contributed by atoms with Crippen molar-refractivity contribution in [2.24, 2.45) is 5.73 Å². The third kappa shape index (κ3) is 3.08. The van der Waals surface area contributed by atoms with E-state index in [2.05, 4.69) is 34.0 Å². The molecule has 6 heteroatoms. The molecule has 0 aliphatic carbocycles. The van der Waals surface area contributed by atoms with Crippen LogP contribution in [-0.4, -0.2) is 40.9 Å². The monoisotopic (exact) mass is 352 g/mol. The van der Waals surface area contributed by atoms with Crippen molar-refractivity contribution in [1.29, 1.82) is 0 Å². The molecule has 0 bridgehead atoms. The van der Waals surface area contributed by atoms with Gasteiger partial charge in [0.25, 0.3) is 5.91 Å². The van der Waals surface area contributed by atoms with Crippen LogP contribution in [0.15, 0.2) is 36.4 Å². The number of aromatic amines is 1. The van der Waals surface area contributed by atoms with Crippen LogP contribution >= 0.6 is 0 Å². The Morgan fingerprint density at radius 2 is 1.92 bits per heavy atom. The Balaban J connectivity index is 1.65. The summed E-state index contributed by atoms with van der Waals surface area (Å²) >= 11 is 0. The van der Waals surface area contributed by atoms with Gasteiger partial charge in [0, 0.05) is 5.56 Å². The van der Waals surface area contributed by atoms with Gasteiger partial charge in [0.15, 0.2) is 0 Å². The number of hydrogen-bond acceptors (Lipinski definition) is 3. The Morgan fingerprint density at radius 3 is 2.58 bits per heavy atom. The first-order valence-corrected chi connectivity index (χ1v) is 8.79. The lowest BCUT2D eigenvalue weighted by Gasteiger charge is -2.29. The summed E-state index contributed by atoms with van der Waals surface area (Å²) in [4.78, 5) is 21.5. The number of nitrogens with zero attached hydrogens (tertiary/aromatic N) is 2. The van der Waals surface area contributed by atoms with Gasteiger partial charge in [-0.3, -0.25) is 4.79 Å². The molecule has 134 valence electrons. The van der Waals surface area contributed by atoms with Crippen molar-refractivity contribution in [3.8, 4) is 11.4 Å². The second-order valence-corrected chi connectivity index (χ2v) is 7.00. The number of carbonyl (C=O) groups excluding carboxylic acids is 1. The van der Waals surface area contributed by atoms with E-state index in [0.717, 1.165) is 24.7 Å². The molecule has 1 aromatic heterocycles. The Hall–Kier alpha value is -2.73. The summed E-state index contributed by atoms with van der Waals surface area (Å²) in [6, 6.07) is 10.8. The van der Waals surface area contributed by atoms with Crippen molar-refractivity contribution >= 4 is 16.9 Å². The van der Waals surface area contributed by atoms with E-state index >= 15 is 0 Å². The van der Waals surface area contributed by atoms with E-state index in [9.17, 15) is 9.18 Å². The molecule has 2 heterocycles. The summed E-state index contributed by atoms with van der Waals surface area (Å²) in [6.07, 6.45) is 2.34. The first kappa shape index (κ1) is 16.7. The minimum absolute atomic E-state index is 0.0884. The zero-order chi connectivity index (χ0) is 18.3. The quantitative estimate of drug-likeness (QED) is 0.760. The zero-order valence-corrected chi connectivity index (χ0v) is 14.6. The molecule has 0 atom stereocenters. The predicted octanol–water partition coefficient (Wildman–Crippen LogP) is 3.28. The number of piperidine rings is 1. The average molecular weight is 352 g/mol. The van der Waals surface area contributed by atoms with Crippen LogP contribution in [0.3, 0.4) is 0 Å². The fraction of sp³-hybridized carbons (Fsp3) is 0.300. The molecule has 1 fully saturated rings. The summed E-state index contributed by atoms with van der Waals surface area (Å²) < 4.78 is 13.7. The van der Waals surface area contributed by atoms with Gasteiger partial charge in [-0.15, -0.1) is 0 Å². The number of nitrogens with one attached hydrogen (secondary N) is 1. The Kier molecular flexibility index (Phi) is 4.20. The maximum Gasteiger partial charge on any atom is 0.251 e. The minimum Gasteiger partial charge on any atom is -0.366 e. The average Bonchev–Trinajstić information content (AvgIpc) is 3.05. The molecule has 1 aliphatic heterocycles. The van der Waals surface area contributed by atoms with E-state index < -0.39 is 11.7 Å². The molecular weight excluding hydrogens is 331 g/mol. The lowest BCUT2D eigenvalue weighted by atomic mass is 9.89. The summed E-state index contributed by atoms with van der Waals surface area (Å²) in [5, 5.41) is 0. The number of nitrogens with two attached hydrogens (primary N) is 1. The van der Waals surface area contributed by atoms with Crippen molar-refractivity contribution in [3.05, 3.63) is 53.3 Å². The van der Waals surface area contributed by atoms with Crippen LogP contribution in [0.2, 0.25) is 0 Å².